The average Bonchev–Trinajstić information content (AvgIpc) is 3.20. The Kier molecular flexibility index (Phi) is 4.45. The summed E-state index contributed by atoms with van der Waals surface area (Å²) in [4.78, 5) is 5.56. The maximum Gasteiger partial charge on any atom is 0.0238 e. The van der Waals surface area contributed by atoms with E-state index in [-0.39, 0.29) is 0 Å². The molecule has 0 bridgehead atoms. The standard InChI is InChI=1S/C16H31N3/c1-3-18(11-14-5-4-8-17-10-14)16-9-13(2)19(12-16)15-6-7-15/h13-17H,3-12H2,1-2H3. The van der Waals surface area contributed by atoms with E-state index in [2.05, 4.69) is 29.0 Å². The van der Waals surface area contributed by atoms with Gasteiger partial charge in [0.1, 0.15) is 0 Å². The Morgan fingerprint density at radius 2 is 2.11 bits per heavy atom. The SMILES string of the molecule is CCN(CC1CCCNC1)C1CC(C)N(C2CC2)C1. The zero-order chi connectivity index (χ0) is 13.2. The normalized spacial score (nSPS) is 37.1. The summed E-state index contributed by atoms with van der Waals surface area (Å²) >= 11 is 0. The van der Waals surface area contributed by atoms with Gasteiger partial charge in [-0.3, -0.25) is 9.80 Å². The Bertz CT molecular complexity index is 284. The summed E-state index contributed by atoms with van der Waals surface area (Å²) < 4.78 is 0. The van der Waals surface area contributed by atoms with Crippen LogP contribution in [-0.4, -0.2) is 60.6 Å². The van der Waals surface area contributed by atoms with Crippen molar-refractivity contribution in [3.8, 4) is 0 Å². The molecule has 0 aromatic carbocycles. The quantitative estimate of drug-likeness (QED) is 0.819. The molecule has 1 N–H and O–H groups in total. The molecule has 3 atom stereocenters. The fourth-order valence-electron chi connectivity index (χ4n) is 4.15. The van der Waals surface area contributed by atoms with Gasteiger partial charge in [-0.1, -0.05) is 6.92 Å². The van der Waals surface area contributed by atoms with Gasteiger partial charge in [-0.15, -0.1) is 0 Å². The molecule has 2 aliphatic heterocycles. The fraction of sp³-hybridized carbons (Fsp3) is 1.00. The lowest BCUT2D eigenvalue weighted by Gasteiger charge is -2.33. The lowest BCUT2D eigenvalue weighted by atomic mass is 9.98. The van der Waals surface area contributed by atoms with Crippen LogP contribution in [0.4, 0.5) is 0 Å². The van der Waals surface area contributed by atoms with Crippen molar-refractivity contribution in [2.24, 2.45) is 5.92 Å². The van der Waals surface area contributed by atoms with Gasteiger partial charge in [-0.25, -0.2) is 0 Å². The first-order valence-electron chi connectivity index (χ1n) is 8.48. The van der Waals surface area contributed by atoms with Gasteiger partial charge >= 0.3 is 0 Å². The van der Waals surface area contributed by atoms with Crippen LogP contribution in [0.1, 0.15) is 46.0 Å². The summed E-state index contributed by atoms with van der Waals surface area (Å²) in [6, 6.07) is 2.58. The molecule has 3 aliphatic rings. The third-order valence-electron chi connectivity index (χ3n) is 5.43. The van der Waals surface area contributed by atoms with Crippen molar-refractivity contribution in [3.63, 3.8) is 0 Å². The van der Waals surface area contributed by atoms with Gasteiger partial charge in [0.25, 0.3) is 0 Å². The highest BCUT2D eigenvalue weighted by Gasteiger charge is 2.40. The zero-order valence-corrected chi connectivity index (χ0v) is 12.8. The van der Waals surface area contributed by atoms with E-state index < -0.39 is 0 Å². The smallest absolute Gasteiger partial charge is 0.0238 e. The second-order valence-corrected chi connectivity index (χ2v) is 6.97. The molecule has 3 unspecified atom stereocenters. The minimum Gasteiger partial charge on any atom is -0.316 e. The Labute approximate surface area is 118 Å². The van der Waals surface area contributed by atoms with E-state index in [1.54, 1.807) is 0 Å². The summed E-state index contributed by atoms with van der Waals surface area (Å²) in [6.45, 7) is 11.1. The number of hydrogen-bond donors (Lipinski definition) is 1. The van der Waals surface area contributed by atoms with Crippen LogP contribution in [0.3, 0.4) is 0 Å². The molecule has 0 spiro atoms. The molecule has 0 aromatic heterocycles. The van der Waals surface area contributed by atoms with Crippen LogP contribution in [0.5, 0.6) is 0 Å². The van der Waals surface area contributed by atoms with Crippen molar-refractivity contribution in [1.82, 2.24) is 15.1 Å². The topological polar surface area (TPSA) is 18.5 Å². The lowest BCUT2D eigenvalue weighted by Crippen LogP contribution is -2.44. The second kappa shape index (κ2) is 6.11. The van der Waals surface area contributed by atoms with Gasteiger partial charge in [0.05, 0.1) is 0 Å². The van der Waals surface area contributed by atoms with E-state index in [0.29, 0.717) is 0 Å². The molecule has 2 saturated heterocycles. The number of rotatable bonds is 5. The molecule has 1 aliphatic carbocycles. The summed E-state index contributed by atoms with van der Waals surface area (Å²) in [5, 5.41) is 3.56. The van der Waals surface area contributed by atoms with Crippen molar-refractivity contribution in [2.75, 3.05) is 32.7 Å². The van der Waals surface area contributed by atoms with Crippen LogP contribution in [0, 0.1) is 5.92 Å². The maximum atomic E-state index is 3.56. The van der Waals surface area contributed by atoms with Crippen LogP contribution < -0.4 is 5.32 Å². The van der Waals surface area contributed by atoms with Crippen molar-refractivity contribution >= 4 is 0 Å². The molecule has 3 fully saturated rings. The predicted molar refractivity (Wildman–Crippen MR) is 80.4 cm³/mol. The van der Waals surface area contributed by atoms with Crippen LogP contribution in [0.2, 0.25) is 0 Å². The van der Waals surface area contributed by atoms with Gasteiger partial charge in [-0.2, -0.15) is 0 Å². The molecule has 110 valence electrons. The van der Waals surface area contributed by atoms with Crippen molar-refractivity contribution in [2.45, 2.75) is 64.1 Å². The van der Waals surface area contributed by atoms with Gasteiger partial charge < -0.3 is 5.32 Å². The van der Waals surface area contributed by atoms with Crippen LogP contribution in [0.15, 0.2) is 0 Å². The Morgan fingerprint density at radius 3 is 2.74 bits per heavy atom. The summed E-state index contributed by atoms with van der Waals surface area (Å²) in [5.74, 6) is 0.888. The van der Waals surface area contributed by atoms with E-state index in [1.165, 1.54) is 64.8 Å². The number of nitrogens with zero attached hydrogens (tertiary/aromatic N) is 2. The highest BCUT2D eigenvalue weighted by atomic mass is 15.3. The number of nitrogens with one attached hydrogen (secondary N) is 1. The molecule has 3 heteroatoms. The lowest BCUT2D eigenvalue weighted by molar-refractivity contribution is 0.158. The highest BCUT2D eigenvalue weighted by molar-refractivity contribution is 4.97. The Morgan fingerprint density at radius 1 is 1.26 bits per heavy atom. The largest absolute Gasteiger partial charge is 0.316 e. The van der Waals surface area contributed by atoms with Gasteiger partial charge in [0.2, 0.25) is 0 Å². The summed E-state index contributed by atoms with van der Waals surface area (Å²) in [7, 11) is 0. The first kappa shape index (κ1) is 13.8. The number of hydrogen-bond acceptors (Lipinski definition) is 3. The summed E-state index contributed by atoms with van der Waals surface area (Å²) in [5.41, 5.74) is 0. The molecule has 0 aromatic rings. The average molecular weight is 265 g/mol. The van der Waals surface area contributed by atoms with Gasteiger partial charge in [0, 0.05) is 31.2 Å². The van der Waals surface area contributed by atoms with E-state index in [1.807, 2.05) is 0 Å². The van der Waals surface area contributed by atoms with Crippen molar-refractivity contribution in [1.29, 1.82) is 0 Å². The molecular formula is C16H31N3. The monoisotopic (exact) mass is 265 g/mol. The summed E-state index contributed by atoms with van der Waals surface area (Å²) in [6.07, 6.45) is 7.10. The van der Waals surface area contributed by atoms with E-state index in [9.17, 15) is 0 Å². The van der Waals surface area contributed by atoms with E-state index >= 15 is 0 Å². The van der Waals surface area contributed by atoms with Crippen molar-refractivity contribution in [3.05, 3.63) is 0 Å². The van der Waals surface area contributed by atoms with Crippen molar-refractivity contribution < 1.29 is 0 Å². The molecule has 3 rings (SSSR count). The van der Waals surface area contributed by atoms with E-state index in [4.69, 9.17) is 0 Å². The van der Waals surface area contributed by atoms with Gasteiger partial charge in [-0.05, 0) is 64.6 Å². The third kappa shape index (κ3) is 3.32. The maximum absolute atomic E-state index is 3.56. The first-order valence-corrected chi connectivity index (χ1v) is 8.48. The Hall–Kier alpha value is -0.120. The minimum absolute atomic E-state index is 0.816. The number of likely N-dealkylation sites (tertiary alicyclic amines) is 1. The third-order valence-corrected chi connectivity index (χ3v) is 5.43. The van der Waals surface area contributed by atoms with Gasteiger partial charge in [0.15, 0.2) is 0 Å². The molecule has 19 heavy (non-hydrogen) atoms. The van der Waals surface area contributed by atoms with Crippen LogP contribution >= 0.6 is 0 Å². The van der Waals surface area contributed by atoms with Crippen LogP contribution in [-0.2, 0) is 0 Å². The first-order chi connectivity index (χ1) is 9.28. The molecule has 0 amide bonds. The molecule has 1 saturated carbocycles. The second-order valence-electron chi connectivity index (χ2n) is 6.97. The zero-order valence-electron chi connectivity index (χ0n) is 12.8. The molecule has 0 radical (unpaired) electrons. The number of piperidine rings is 1. The molecular weight excluding hydrogens is 234 g/mol. The van der Waals surface area contributed by atoms with E-state index in [0.717, 1.165) is 24.0 Å². The molecule has 3 nitrogen and oxygen atoms in total. The van der Waals surface area contributed by atoms with Crippen LogP contribution in [0.25, 0.3) is 0 Å². The number of likely N-dealkylation sites (N-methyl/N-ethyl adjacent to an activating group) is 1. The molecule has 2 heterocycles. The predicted octanol–water partition coefficient (Wildman–Crippen LogP) is 1.93. The minimum atomic E-state index is 0.816. The Balaban J connectivity index is 1.53. The fourth-order valence-corrected chi connectivity index (χ4v) is 4.15. The highest BCUT2D eigenvalue weighted by Crippen LogP contribution is 2.34.